The van der Waals surface area contributed by atoms with Crippen LogP contribution in [-0.4, -0.2) is 25.2 Å². The van der Waals surface area contributed by atoms with Gasteiger partial charge in [0, 0.05) is 19.2 Å². The monoisotopic (exact) mass is 192 g/mol. The van der Waals surface area contributed by atoms with E-state index in [2.05, 4.69) is 22.9 Å². The Kier molecular flexibility index (Phi) is 2.32. The van der Waals surface area contributed by atoms with Crippen molar-refractivity contribution in [2.75, 3.05) is 25.1 Å². The summed E-state index contributed by atoms with van der Waals surface area (Å²) < 4.78 is 5.24. The molecule has 0 spiro atoms. The number of anilines is 1. The van der Waals surface area contributed by atoms with E-state index in [1.807, 2.05) is 13.1 Å². The molecule has 3 heteroatoms. The molecular formula is C11H16N2O. The van der Waals surface area contributed by atoms with Gasteiger partial charge in [0.1, 0.15) is 5.75 Å². The predicted molar refractivity (Wildman–Crippen MR) is 56.9 cm³/mol. The van der Waals surface area contributed by atoms with Crippen molar-refractivity contribution in [3.63, 3.8) is 0 Å². The maximum atomic E-state index is 5.24. The molecule has 2 rings (SSSR count). The average Bonchev–Trinajstić information content (AvgIpc) is 2.14. The summed E-state index contributed by atoms with van der Waals surface area (Å²) in [6, 6.07) is 2.06. The summed E-state index contributed by atoms with van der Waals surface area (Å²) in [5.74, 6) is 1.68. The zero-order valence-electron chi connectivity index (χ0n) is 8.95. The van der Waals surface area contributed by atoms with Crippen molar-refractivity contribution in [2.24, 2.45) is 5.92 Å². The van der Waals surface area contributed by atoms with Gasteiger partial charge in [-0.3, -0.25) is 4.98 Å². The molecule has 14 heavy (non-hydrogen) atoms. The number of hydrogen-bond donors (Lipinski definition) is 0. The van der Waals surface area contributed by atoms with E-state index in [1.54, 1.807) is 7.11 Å². The van der Waals surface area contributed by atoms with Crippen LogP contribution in [0.2, 0.25) is 0 Å². The standard InChI is InChI=1S/C11H16N2O/c1-8-6-13(7-8)10-4-11(14-3)9(2)12-5-10/h4-5,8H,6-7H2,1-3H3. The number of pyridine rings is 1. The Bertz CT molecular complexity index is 332. The number of rotatable bonds is 2. The second-order valence-electron chi connectivity index (χ2n) is 3.99. The van der Waals surface area contributed by atoms with Gasteiger partial charge in [-0.15, -0.1) is 0 Å². The van der Waals surface area contributed by atoms with Gasteiger partial charge in [0.05, 0.1) is 24.7 Å². The zero-order valence-corrected chi connectivity index (χ0v) is 8.95. The predicted octanol–water partition coefficient (Wildman–Crippen LogP) is 1.85. The van der Waals surface area contributed by atoms with Crippen LogP contribution in [0, 0.1) is 12.8 Å². The van der Waals surface area contributed by atoms with Crippen LogP contribution in [0.15, 0.2) is 12.3 Å². The van der Waals surface area contributed by atoms with Crippen molar-refractivity contribution in [3.05, 3.63) is 18.0 Å². The highest BCUT2D eigenvalue weighted by atomic mass is 16.5. The molecule has 1 fully saturated rings. The zero-order chi connectivity index (χ0) is 10.1. The van der Waals surface area contributed by atoms with Crippen LogP contribution in [0.4, 0.5) is 5.69 Å². The molecule has 1 aliphatic rings. The number of ether oxygens (including phenoxy) is 1. The van der Waals surface area contributed by atoms with Gasteiger partial charge in [0.2, 0.25) is 0 Å². The number of hydrogen-bond acceptors (Lipinski definition) is 3. The molecule has 0 radical (unpaired) electrons. The van der Waals surface area contributed by atoms with Crippen LogP contribution in [-0.2, 0) is 0 Å². The molecule has 0 aliphatic carbocycles. The molecule has 2 heterocycles. The van der Waals surface area contributed by atoms with E-state index in [0.29, 0.717) is 0 Å². The number of methoxy groups -OCH3 is 1. The van der Waals surface area contributed by atoms with E-state index in [1.165, 1.54) is 5.69 Å². The van der Waals surface area contributed by atoms with Crippen molar-refractivity contribution in [1.82, 2.24) is 4.98 Å². The maximum Gasteiger partial charge on any atom is 0.142 e. The number of aromatic nitrogens is 1. The molecule has 3 nitrogen and oxygen atoms in total. The molecule has 0 atom stereocenters. The Morgan fingerprint density at radius 1 is 1.50 bits per heavy atom. The van der Waals surface area contributed by atoms with Crippen molar-refractivity contribution in [1.29, 1.82) is 0 Å². The Morgan fingerprint density at radius 3 is 2.79 bits per heavy atom. The van der Waals surface area contributed by atoms with E-state index in [9.17, 15) is 0 Å². The van der Waals surface area contributed by atoms with E-state index in [0.717, 1.165) is 30.5 Å². The number of aryl methyl sites for hydroxylation is 1. The first-order valence-corrected chi connectivity index (χ1v) is 4.96. The fourth-order valence-electron chi connectivity index (χ4n) is 1.79. The SMILES string of the molecule is COc1cc(N2CC(C)C2)cnc1C. The minimum atomic E-state index is 0.808. The van der Waals surface area contributed by atoms with Crippen LogP contribution >= 0.6 is 0 Å². The Labute approximate surface area is 84.7 Å². The third-order valence-electron chi connectivity index (χ3n) is 2.68. The fraction of sp³-hybridized carbons (Fsp3) is 0.545. The minimum Gasteiger partial charge on any atom is -0.495 e. The molecule has 0 bridgehead atoms. The van der Waals surface area contributed by atoms with Gasteiger partial charge in [-0.2, -0.15) is 0 Å². The van der Waals surface area contributed by atoms with E-state index < -0.39 is 0 Å². The minimum absolute atomic E-state index is 0.808. The quantitative estimate of drug-likeness (QED) is 0.715. The summed E-state index contributed by atoms with van der Waals surface area (Å²) >= 11 is 0. The first kappa shape index (κ1) is 9.31. The summed E-state index contributed by atoms with van der Waals surface area (Å²) in [7, 11) is 1.69. The Balaban J connectivity index is 2.19. The Morgan fingerprint density at radius 2 is 2.21 bits per heavy atom. The second kappa shape index (κ2) is 3.48. The van der Waals surface area contributed by atoms with Crippen LogP contribution in [0.1, 0.15) is 12.6 Å². The normalized spacial score (nSPS) is 16.6. The summed E-state index contributed by atoms with van der Waals surface area (Å²) in [6.45, 7) is 6.48. The van der Waals surface area contributed by atoms with E-state index >= 15 is 0 Å². The smallest absolute Gasteiger partial charge is 0.142 e. The van der Waals surface area contributed by atoms with Crippen molar-refractivity contribution in [3.8, 4) is 5.75 Å². The largest absolute Gasteiger partial charge is 0.495 e. The lowest BCUT2D eigenvalue weighted by atomic mass is 10.0. The summed E-state index contributed by atoms with van der Waals surface area (Å²) in [5.41, 5.74) is 2.12. The van der Waals surface area contributed by atoms with Crippen molar-refractivity contribution in [2.45, 2.75) is 13.8 Å². The van der Waals surface area contributed by atoms with Crippen LogP contribution in [0.5, 0.6) is 5.75 Å². The third-order valence-corrected chi connectivity index (χ3v) is 2.68. The van der Waals surface area contributed by atoms with Gasteiger partial charge in [0.15, 0.2) is 0 Å². The summed E-state index contributed by atoms with van der Waals surface area (Å²) in [6.07, 6.45) is 1.92. The summed E-state index contributed by atoms with van der Waals surface area (Å²) in [5, 5.41) is 0. The number of nitrogens with zero attached hydrogens (tertiary/aromatic N) is 2. The van der Waals surface area contributed by atoms with Crippen molar-refractivity contribution < 1.29 is 4.74 Å². The van der Waals surface area contributed by atoms with E-state index in [4.69, 9.17) is 4.74 Å². The molecular weight excluding hydrogens is 176 g/mol. The average molecular weight is 192 g/mol. The Hall–Kier alpha value is -1.25. The fourth-order valence-corrected chi connectivity index (χ4v) is 1.79. The highest BCUT2D eigenvalue weighted by Crippen LogP contribution is 2.27. The lowest BCUT2D eigenvalue weighted by Gasteiger charge is -2.39. The molecule has 1 aromatic rings. The van der Waals surface area contributed by atoms with Gasteiger partial charge in [-0.1, -0.05) is 6.92 Å². The molecule has 0 aromatic carbocycles. The third kappa shape index (κ3) is 1.54. The van der Waals surface area contributed by atoms with E-state index in [-0.39, 0.29) is 0 Å². The second-order valence-corrected chi connectivity index (χ2v) is 3.99. The molecule has 1 saturated heterocycles. The lowest BCUT2D eigenvalue weighted by molar-refractivity contribution is 0.406. The molecule has 1 aromatic heterocycles. The van der Waals surface area contributed by atoms with Gasteiger partial charge >= 0.3 is 0 Å². The van der Waals surface area contributed by atoms with Crippen LogP contribution < -0.4 is 9.64 Å². The van der Waals surface area contributed by atoms with Crippen molar-refractivity contribution >= 4 is 5.69 Å². The van der Waals surface area contributed by atoms with Gasteiger partial charge in [0.25, 0.3) is 0 Å². The summed E-state index contributed by atoms with van der Waals surface area (Å²) in [4.78, 5) is 6.63. The molecule has 1 aliphatic heterocycles. The topological polar surface area (TPSA) is 25.4 Å². The van der Waals surface area contributed by atoms with Gasteiger partial charge < -0.3 is 9.64 Å². The van der Waals surface area contributed by atoms with Crippen LogP contribution in [0.25, 0.3) is 0 Å². The first-order valence-electron chi connectivity index (χ1n) is 4.96. The molecule has 0 unspecified atom stereocenters. The molecule has 0 amide bonds. The molecule has 0 N–H and O–H groups in total. The first-order chi connectivity index (χ1) is 6.70. The molecule has 0 saturated carbocycles. The maximum absolute atomic E-state index is 5.24. The lowest BCUT2D eigenvalue weighted by Crippen LogP contribution is -2.45. The highest BCUT2D eigenvalue weighted by molar-refractivity contribution is 5.51. The highest BCUT2D eigenvalue weighted by Gasteiger charge is 2.23. The molecule has 76 valence electrons. The van der Waals surface area contributed by atoms with Crippen LogP contribution in [0.3, 0.4) is 0 Å². The van der Waals surface area contributed by atoms with Gasteiger partial charge in [-0.25, -0.2) is 0 Å². The van der Waals surface area contributed by atoms with Gasteiger partial charge in [-0.05, 0) is 12.8 Å².